The third kappa shape index (κ3) is 6.01. The van der Waals surface area contributed by atoms with E-state index >= 15 is 0 Å². The number of benzene rings is 3. The molecule has 0 fully saturated rings. The Labute approximate surface area is 222 Å². The number of anilines is 1. The highest BCUT2D eigenvalue weighted by Crippen LogP contribution is 2.42. The molecule has 0 aromatic heterocycles. The maximum absolute atomic E-state index is 12.3. The smallest absolute Gasteiger partial charge is 0.336 e. The van der Waals surface area contributed by atoms with E-state index in [2.05, 4.69) is 28.6 Å². The van der Waals surface area contributed by atoms with Crippen LogP contribution in [0.15, 0.2) is 63.8 Å². The van der Waals surface area contributed by atoms with Crippen LogP contribution in [0.1, 0.15) is 16.8 Å². The summed E-state index contributed by atoms with van der Waals surface area (Å²) in [5, 5.41) is 31.4. The Balaban J connectivity index is 1.66. The number of thiol groups is 1. The van der Waals surface area contributed by atoms with Crippen molar-refractivity contribution in [2.75, 3.05) is 24.2 Å². The van der Waals surface area contributed by atoms with Crippen molar-refractivity contribution in [3.63, 3.8) is 0 Å². The van der Waals surface area contributed by atoms with Crippen LogP contribution in [-0.4, -0.2) is 40.9 Å². The minimum Gasteiger partial charge on any atom is -0.872 e. The molecule has 0 radical (unpaired) electrons. The molecule has 0 atom stereocenters. The topological polar surface area (TPSA) is 144 Å². The molecule has 37 heavy (non-hydrogen) atoms. The van der Waals surface area contributed by atoms with Crippen LogP contribution < -0.4 is 26.5 Å². The molecule has 0 saturated carbocycles. The van der Waals surface area contributed by atoms with Crippen LogP contribution in [0.3, 0.4) is 0 Å². The number of amides is 1. The number of hydrogen-bond acceptors (Lipinski definition) is 7. The summed E-state index contributed by atoms with van der Waals surface area (Å²) in [4.78, 5) is 35.7. The molecule has 4 N–H and O–H groups in total. The number of aromatic carboxylic acids is 1. The van der Waals surface area contributed by atoms with E-state index < -0.39 is 5.97 Å². The third-order valence-electron chi connectivity index (χ3n) is 5.51. The fraction of sp³-hybridized carbons (Fsp3) is 0.154. The summed E-state index contributed by atoms with van der Waals surface area (Å²) in [6, 6.07) is 13.3. The second kappa shape index (κ2) is 11.3. The number of carboxylic acids is 1. The number of carbonyl (C=O) groups excluding carboxylic acids is 1. The Morgan fingerprint density at radius 1 is 1.00 bits per heavy atom. The molecule has 2 aliphatic rings. The van der Waals surface area contributed by atoms with Gasteiger partial charge in [0.15, 0.2) is 10.5 Å². The number of carboxylic acid groups (broad SMARTS) is 1. The van der Waals surface area contributed by atoms with Crippen LogP contribution >= 0.6 is 24.8 Å². The highest BCUT2D eigenvalue weighted by Gasteiger charge is 2.22. The third-order valence-corrected chi connectivity index (χ3v) is 5.98. The van der Waals surface area contributed by atoms with Gasteiger partial charge in [0.2, 0.25) is 5.91 Å². The molecule has 0 saturated heterocycles. The summed E-state index contributed by atoms with van der Waals surface area (Å²) in [5.41, 5.74) is 1.83. The van der Waals surface area contributed by atoms with Gasteiger partial charge in [-0.05, 0) is 53.9 Å². The van der Waals surface area contributed by atoms with Crippen molar-refractivity contribution in [3.05, 3.63) is 70.4 Å². The molecular formula is C26H22N3O6S2-. The molecule has 11 heteroatoms. The van der Waals surface area contributed by atoms with Gasteiger partial charge in [0.1, 0.15) is 11.3 Å². The van der Waals surface area contributed by atoms with Crippen molar-refractivity contribution in [3.8, 4) is 28.2 Å². The fourth-order valence-corrected chi connectivity index (χ4v) is 4.32. The minimum absolute atomic E-state index is 0.0157. The molecule has 4 rings (SSSR count). The van der Waals surface area contributed by atoms with Gasteiger partial charge in [-0.1, -0.05) is 18.2 Å². The van der Waals surface area contributed by atoms with Gasteiger partial charge >= 0.3 is 5.97 Å². The van der Waals surface area contributed by atoms with E-state index in [1.807, 2.05) is 0 Å². The second-order valence-electron chi connectivity index (χ2n) is 8.06. The predicted molar refractivity (Wildman–Crippen MR) is 147 cm³/mol. The van der Waals surface area contributed by atoms with Crippen molar-refractivity contribution >= 4 is 58.5 Å². The number of thiocarbonyl (C=S) groups is 1. The SMILES string of the molecule is O=C(CCS)NCCNC(=S)Nc1ccc(-c2c3ccc(=O)cc-3oc3cc([O-])ccc23)c(C(=O)O)c1. The Bertz CT molecular complexity index is 1530. The average molecular weight is 537 g/mol. The van der Waals surface area contributed by atoms with Crippen LogP contribution in [-0.2, 0) is 4.79 Å². The molecule has 0 unspecified atom stereocenters. The van der Waals surface area contributed by atoms with Gasteiger partial charge < -0.3 is 30.6 Å². The van der Waals surface area contributed by atoms with Gasteiger partial charge in [-0.2, -0.15) is 12.6 Å². The number of rotatable bonds is 8. The Hall–Kier alpha value is -4.09. The second-order valence-corrected chi connectivity index (χ2v) is 8.92. The van der Waals surface area contributed by atoms with Gasteiger partial charge in [-0.15, -0.1) is 5.75 Å². The first kappa shape index (κ1) is 26.0. The number of hydrogen-bond donors (Lipinski definition) is 5. The van der Waals surface area contributed by atoms with E-state index in [0.29, 0.717) is 53.0 Å². The molecule has 190 valence electrons. The van der Waals surface area contributed by atoms with E-state index in [9.17, 15) is 24.6 Å². The lowest BCUT2D eigenvalue weighted by Crippen LogP contribution is -2.36. The van der Waals surface area contributed by atoms with Crippen LogP contribution in [0.4, 0.5) is 5.69 Å². The molecule has 1 amide bonds. The number of fused-ring (bicyclic) bond motifs is 2. The molecule has 1 aliphatic heterocycles. The molecule has 0 spiro atoms. The summed E-state index contributed by atoms with van der Waals surface area (Å²) in [6.07, 6.45) is 0.326. The molecule has 2 aromatic rings. The summed E-state index contributed by atoms with van der Waals surface area (Å²) in [7, 11) is 0. The molecule has 0 bridgehead atoms. The van der Waals surface area contributed by atoms with E-state index in [4.69, 9.17) is 16.6 Å². The van der Waals surface area contributed by atoms with E-state index in [0.717, 1.165) is 0 Å². The normalized spacial score (nSPS) is 10.8. The van der Waals surface area contributed by atoms with Gasteiger partial charge in [-0.3, -0.25) is 9.59 Å². The Morgan fingerprint density at radius 2 is 1.76 bits per heavy atom. The lowest BCUT2D eigenvalue weighted by atomic mass is 9.90. The highest BCUT2D eigenvalue weighted by atomic mass is 32.1. The van der Waals surface area contributed by atoms with Crippen molar-refractivity contribution < 1.29 is 24.2 Å². The van der Waals surface area contributed by atoms with Crippen molar-refractivity contribution in [1.29, 1.82) is 0 Å². The van der Waals surface area contributed by atoms with Crippen LogP contribution in [0.5, 0.6) is 5.75 Å². The van der Waals surface area contributed by atoms with E-state index in [1.165, 1.54) is 30.3 Å². The lowest BCUT2D eigenvalue weighted by Gasteiger charge is -2.18. The molecule has 1 aliphatic carbocycles. The number of carbonyl (C=O) groups is 2. The fourth-order valence-electron chi connectivity index (χ4n) is 3.90. The van der Waals surface area contributed by atoms with Crippen molar-refractivity contribution in [1.82, 2.24) is 10.6 Å². The molecular weight excluding hydrogens is 514 g/mol. The largest absolute Gasteiger partial charge is 0.872 e. The van der Waals surface area contributed by atoms with Gasteiger partial charge in [0, 0.05) is 47.8 Å². The average Bonchev–Trinajstić information content (AvgIpc) is 2.85. The minimum atomic E-state index is -1.17. The highest BCUT2D eigenvalue weighted by molar-refractivity contribution is 7.80. The summed E-state index contributed by atoms with van der Waals surface area (Å²) >= 11 is 9.30. The van der Waals surface area contributed by atoms with Gasteiger partial charge in [0.05, 0.1) is 5.56 Å². The summed E-state index contributed by atoms with van der Waals surface area (Å²) in [6.45, 7) is 0.742. The maximum Gasteiger partial charge on any atom is 0.336 e. The monoisotopic (exact) mass is 536 g/mol. The first-order valence-electron chi connectivity index (χ1n) is 11.2. The lowest BCUT2D eigenvalue weighted by molar-refractivity contribution is -0.268. The van der Waals surface area contributed by atoms with Crippen LogP contribution in [0, 0.1) is 0 Å². The maximum atomic E-state index is 12.3. The van der Waals surface area contributed by atoms with Crippen LogP contribution in [0.25, 0.3) is 33.4 Å². The summed E-state index contributed by atoms with van der Waals surface area (Å²) in [5.74, 6) is -0.855. The Morgan fingerprint density at radius 3 is 2.51 bits per heavy atom. The van der Waals surface area contributed by atoms with Gasteiger partial charge in [0.25, 0.3) is 0 Å². The summed E-state index contributed by atoms with van der Waals surface area (Å²) < 4.78 is 5.81. The zero-order chi connectivity index (χ0) is 26.5. The standard InChI is InChI=1S/C26H23N3O6S2/c30-15-2-5-18-21(12-15)35-22-13-16(31)3-6-19(22)24(18)17-4-1-14(11-20(17)25(33)34)29-26(37)28-9-8-27-23(32)7-10-36/h1-6,11-13,30,36H,7-10H2,(H,27,32)(H,33,34)(H2,28,29,37)/p-1. The van der Waals surface area contributed by atoms with Gasteiger partial charge in [-0.25, -0.2) is 4.79 Å². The predicted octanol–water partition coefficient (Wildman–Crippen LogP) is 3.06. The molecule has 1 heterocycles. The van der Waals surface area contributed by atoms with Crippen molar-refractivity contribution in [2.45, 2.75) is 6.42 Å². The first-order valence-corrected chi connectivity index (χ1v) is 12.3. The quantitative estimate of drug-likeness (QED) is 0.0993. The van der Waals surface area contributed by atoms with Crippen molar-refractivity contribution in [2.24, 2.45) is 0 Å². The van der Waals surface area contributed by atoms with Crippen LogP contribution in [0.2, 0.25) is 0 Å². The van der Waals surface area contributed by atoms with E-state index in [1.54, 1.807) is 24.3 Å². The zero-order valence-corrected chi connectivity index (χ0v) is 21.1. The molecule has 9 nitrogen and oxygen atoms in total. The first-order chi connectivity index (χ1) is 17.8. The zero-order valence-electron chi connectivity index (χ0n) is 19.4. The molecule has 2 aromatic carbocycles. The van der Waals surface area contributed by atoms with E-state index in [-0.39, 0.29) is 39.1 Å². The Kier molecular flexibility index (Phi) is 7.95. The number of nitrogens with one attached hydrogen (secondary N) is 3.